The number of hydrogen-bond donors (Lipinski definition) is 1. The molecule has 3 fully saturated rings. The molecule has 2 nitrogen and oxygen atoms in total. The van der Waals surface area contributed by atoms with Gasteiger partial charge in [-0.1, -0.05) is 27.2 Å². The predicted molar refractivity (Wildman–Crippen MR) is 67.7 cm³/mol. The molecule has 98 valence electrons. The molecule has 0 aromatic rings. The minimum Gasteiger partial charge on any atom is -0.387 e. The molecular formula is C15H26O2. The molecule has 1 saturated carbocycles. The Morgan fingerprint density at radius 3 is 2.47 bits per heavy atom. The van der Waals surface area contributed by atoms with Gasteiger partial charge in [-0.25, -0.2) is 0 Å². The molecular weight excluding hydrogens is 212 g/mol. The molecule has 0 amide bonds. The van der Waals surface area contributed by atoms with Crippen LogP contribution in [-0.4, -0.2) is 22.4 Å². The Labute approximate surface area is 105 Å². The lowest BCUT2D eigenvalue weighted by Crippen LogP contribution is -2.76. The number of hydrogen-bond acceptors (Lipinski definition) is 2. The molecule has 2 aliphatic heterocycles. The summed E-state index contributed by atoms with van der Waals surface area (Å²) in [6.07, 6.45) is 5.91. The average molecular weight is 238 g/mol. The first-order chi connectivity index (χ1) is 7.80. The Morgan fingerprint density at radius 1 is 1.12 bits per heavy atom. The van der Waals surface area contributed by atoms with Crippen molar-refractivity contribution in [3.63, 3.8) is 0 Å². The molecule has 2 heteroatoms. The third-order valence-electron chi connectivity index (χ3n) is 5.94. The monoisotopic (exact) mass is 238 g/mol. The Hall–Kier alpha value is -0.0800. The minimum absolute atomic E-state index is 0.0757. The molecule has 0 radical (unpaired) electrons. The number of ether oxygens (including phenoxy) is 1. The van der Waals surface area contributed by atoms with E-state index in [9.17, 15) is 5.11 Å². The first-order valence-electron chi connectivity index (χ1n) is 7.20. The topological polar surface area (TPSA) is 29.5 Å². The van der Waals surface area contributed by atoms with Crippen molar-refractivity contribution in [2.75, 3.05) is 0 Å². The summed E-state index contributed by atoms with van der Waals surface area (Å²) in [5.74, 6) is 1.21. The Morgan fingerprint density at radius 2 is 1.82 bits per heavy atom. The molecule has 2 bridgehead atoms. The summed E-state index contributed by atoms with van der Waals surface area (Å²) in [6, 6.07) is 0. The molecule has 0 aromatic carbocycles. The molecule has 1 spiro atoms. The quantitative estimate of drug-likeness (QED) is 0.702. The molecule has 3 aliphatic rings. The van der Waals surface area contributed by atoms with Crippen molar-refractivity contribution >= 4 is 0 Å². The van der Waals surface area contributed by atoms with Gasteiger partial charge in [0, 0.05) is 5.92 Å². The molecule has 0 aromatic heterocycles. The number of rotatable bonds is 0. The van der Waals surface area contributed by atoms with Crippen molar-refractivity contribution in [1.29, 1.82) is 0 Å². The van der Waals surface area contributed by atoms with Crippen LogP contribution in [-0.2, 0) is 4.74 Å². The van der Waals surface area contributed by atoms with Crippen LogP contribution in [0.25, 0.3) is 0 Å². The van der Waals surface area contributed by atoms with Crippen LogP contribution in [0.15, 0.2) is 0 Å². The SMILES string of the molecule is C[C@H]1CCCC(C)(C)[C@H]2[C@@H]3O[C@@]21CC[C@]3(C)O. The molecule has 1 aliphatic carbocycles. The summed E-state index contributed by atoms with van der Waals surface area (Å²) >= 11 is 0. The van der Waals surface area contributed by atoms with E-state index in [2.05, 4.69) is 20.8 Å². The molecule has 1 N–H and O–H groups in total. The molecule has 3 rings (SSSR count). The van der Waals surface area contributed by atoms with Gasteiger partial charge in [0.15, 0.2) is 0 Å². The van der Waals surface area contributed by atoms with Gasteiger partial charge in [-0.3, -0.25) is 0 Å². The zero-order valence-corrected chi connectivity index (χ0v) is 11.6. The van der Waals surface area contributed by atoms with Gasteiger partial charge >= 0.3 is 0 Å². The maximum Gasteiger partial charge on any atom is 0.0927 e. The first-order valence-corrected chi connectivity index (χ1v) is 7.20. The summed E-state index contributed by atoms with van der Waals surface area (Å²) in [4.78, 5) is 0. The van der Waals surface area contributed by atoms with E-state index in [1.54, 1.807) is 0 Å². The van der Waals surface area contributed by atoms with Gasteiger partial charge in [0.1, 0.15) is 0 Å². The van der Waals surface area contributed by atoms with Gasteiger partial charge in [0.2, 0.25) is 0 Å². The molecule has 0 unspecified atom stereocenters. The van der Waals surface area contributed by atoms with Crippen LogP contribution in [0, 0.1) is 17.3 Å². The van der Waals surface area contributed by atoms with Crippen molar-refractivity contribution in [1.82, 2.24) is 0 Å². The molecule has 5 atom stereocenters. The van der Waals surface area contributed by atoms with E-state index in [1.807, 2.05) is 6.92 Å². The van der Waals surface area contributed by atoms with E-state index in [0.717, 1.165) is 12.8 Å². The molecule has 2 heterocycles. The third-order valence-corrected chi connectivity index (χ3v) is 5.94. The fraction of sp³-hybridized carbons (Fsp3) is 1.00. The van der Waals surface area contributed by atoms with Crippen LogP contribution < -0.4 is 0 Å². The van der Waals surface area contributed by atoms with E-state index in [0.29, 0.717) is 17.3 Å². The van der Waals surface area contributed by atoms with Crippen LogP contribution in [0.2, 0.25) is 0 Å². The van der Waals surface area contributed by atoms with Crippen LogP contribution in [0.5, 0.6) is 0 Å². The van der Waals surface area contributed by atoms with Crippen molar-refractivity contribution in [3.05, 3.63) is 0 Å². The smallest absolute Gasteiger partial charge is 0.0927 e. The van der Waals surface area contributed by atoms with E-state index in [4.69, 9.17) is 4.74 Å². The normalized spacial score (nSPS) is 56.6. The van der Waals surface area contributed by atoms with Gasteiger partial charge in [-0.15, -0.1) is 0 Å². The standard InChI is InChI=1S/C15H26O2/c1-10-6-5-7-13(2,3)11-12-14(4,16)8-9-15(10,11)17-12/h10-12,16H,5-9H2,1-4H3/t10-,11+,12-,14-,15+/m0/s1. The zero-order chi connectivity index (χ0) is 12.5. The lowest BCUT2D eigenvalue weighted by Gasteiger charge is -2.69. The first kappa shape index (κ1) is 12.0. The van der Waals surface area contributed by atoms with Crippen LogP contribution in [0.3, 0.4) is 0 Å². The number of fused-ring (bicyclic) bond motifs is 2. The highest BCUT2D eigenvalue weighted by atomic mass is 16.6. The largest absolute Gasteiger partial charge is 0.387 e. The summed E-state index contributed by atoms with van der Waals surface area (Å²) in [7, 11) is 0. The van der Waals surface area contributed by atoms with E-state index in [-0.39, 0.29) is 11.7 Å². The van der Waals surface area contributed by atoms with Gasteiger partial charge in [0.25, 0.3) is 0 Å². The highest BCUT2D eigenvalue weighted by Crippen LogP contribution is 2.65. The predicted octanol–water partition coefficient (Wildman–Crippen LogP) is 3.13. The average Bonchev–Trinajstić information content (AvgIpc) is 2.19. The van der Waals surface area contributed by atoms with Crippen LogP contribution in [0.4, 0.5) is 0 Å². The van der Waals surface area contributed by atoms with Gasteiger partial charge < -0.3 is 9.84 Å². The third kappa shape index (κ3) is 1.40. The highest BCUT2D eigenvalue weighted by Gasteiger charge is 2.70. The molecule has 2 saturated heterocycles. The lowest BCUT2D eigenvalue weighted by atomic mass is 9.51. The van der Waals surface area contributed by atoms with E-state index >= 15 is 0 Å². The Kier molecular flexibility index (Phi) is 2.30. The second-order valence-corrected chi connectivity index (χ2v) is 7.61. The Balaban J connectivity index is 2.00. The zero-order valence-electron chi connectivity index (χ0n) is 11.6. The highest BCUT2D eigenvalue weighted by molar-refractivity contribution is 5.18. The van der Waals surface area contributed by atoms with Crippen molar-refractivity contribution in [3.8, 4) is 0 Å². The second kappa shape index (κ2) is 3.27. The summed E-state index contributed by atoms with van der Waals surface area (Å²) in [5, 5.41) is 10.5. The van der Waals surface area contributed by atoms with E-state index < -0.39 is 5.60 Å². The van der Waals surface area contributed by atoms with Gasteiger partial charge in [-0.2, -0.15) is 0 Å². The van der Waals surface area contributed by atoms with Crippen molar-refractivity contribution < 1.29 is 9.84 Å². The van der Waals surface area contributed by atoms with Gasteiger partial charge in [-0.05, 0) is 43.9 Å². The summed E-state index contributed by atoms with van der Waals surface area (Å²) < 4.78 is 6.26. The van der Waals surface area contributed by atoms with E-state index in [1.165, 1.54) is 19.3 Å². The van der Waals surface area contributed by atoms with Crippen LogP contribution >= 0.6 is 0 Å². The summed E-state index contributed by atoms with van der Waals surface area (Å²) in [6.45, 7) is 9.07. The van der Waals surface area contributed by atoms with Crippen molar-refractivity contribution in [2.45, 2.75) is 77.1 Å². The van der Waals surface area contributed by atoms with Crippen molar-refractivity contribution in [2.24, 2.45) is 17.3 Å². The fourth-order valence-electron chi connectivity index (χ4n) is 4.86. The maximum absolute atomic E-state index is 10.5. The number of aliphatic hydroxyl groups is 1. The van der Waals surface area contributed by atoms with Crippen LogP contribution in [0.1, 0.15) is 59.8 Å². The fourth-order valence-corrected chi connectivity index (χ4v) is 4.86. The molecule has 17 heavy (non-hydrogen) atoms. The minimum atomic E-state index is -0.603. The lowest BCUT2D eigenvalue weighted by molar-refractivity contribution is -0.379. The maximum atomic E-state index is 10.5. The van der Waals surface area contributed by atoms with Gasteiger partial charge in [0.05, 0.1) is 17.3 Å². The Bertz CT molecular complexity index is 330. The second-order valence-electron chi connectivity index (χ2n) is 7.61. The summed E-state index contributed by atoms with van der Waals surface area (Å²) in [5.41, 5.74) is -0.196.